The molecule has 0 amide bonds. The fraction of sp³-hybridized carbons (Fsp3) is 0.636. The van der Waals surface area contributed by atoms with Crippen LogP contribution in [0, 0.1) is 10.8 Å². The molecule has 0 saturated carbocycles. The van der Waals surface area contributed by atoms with Crippen LogP contribution in [-0.4, -0.2) is 13.3 Å². The van der Waals surface area contributed by atoms with E-state index < -0.39 is 8.07 Å². The Bertz CT molecular complexity index is 239. The van der Waals surface area contributed by atoms with Gasteiger partial charge < -0.3 is 0 Å². The van der Waals surface area contributed by atoms with Gasteiger partial charge in [0.1, 0.15) is 8.07 Å². The summed E-state index contributed by atoms with van der Waals surface area (Å²) in [5.74, 6) is 0. The summed E-state index contributed by atoms with van der Waals surface area (Å²) in [5, 5.41) is 3.94. The molecular formula is C11H18SSi. The highest BCUT2D eigenvalue weighted by molar-refractivity contribution is 8.04. The summed E-state index contributed by atoms with van der Waals surface area (Å²) in [4.78, 5) is 0. The molecule has 0 fully saturated rings. The first-order chi connectivity index (χ1) is 6.08. The van der Waals surface area contributed by atoms with Crippen LogP contribution in [-0.2, 0) is 0 Å². The van der Waals surface area contributed by atoms with Crippen LogP contribution in [0.25, 0.3) is 0 Å². The van der Waals surface area contributed by atoms with E-state index in [1.807, 2.05) is 11.8 Å². The molecule has 0 radical (unpaired) electrons. The van der Waals surface area contributed by atoms with Crippen molar-refractivity contribution in [1.82, 2.24) is 0 Å². The molecule has 72 valence electrons. The van der Waals surface area contributed by atoms with Gasteiger partial charge in [0.15, 0.2) is 0 Å². The van der Waals surface area contributed by atoms with Crippen molar-refractivity contribution in [3.63, 3.8) is 0 Å². The lowest BCUT2D eigenvalue weighted by Crippen LogP contribution is -2.16. The second-order valence-corrected chi connectivity index (χ2v) is 10.3. The quantitative estimate of drug-likeness (QED) is 0.361. The third-order valence-electron chi connectivity index (χ3n) is 1.85. The second kappa shape index (κ2) is 4.93. The van der Waals surface area contributed by atoms with Gasteiger partial charge in [0.2, 0.25) is 0 Å². The molecule has 1 unspecified atom stereocenters. The Morgan fingerprint density at radius 3 is 2.69 bits per heavy atom. The lowest BCUT2D eigenvalue weighted by atomic mass is 10.1. The molecule has 13 heavy (non-hydrogen) atoms. The molecule has 0 aromatic rings. The molecule has 0 bridgehead atoms. The fourth-order valence-corrected chi connectivity index (χ4v) is 3.22. The van der Waals surface area contributed by atoms with Gasteiger partial charge in [-0.15, -0.1) is 5.54 Å². The van der Waals surface area contributed by atoms with Crippen LogP contribution >= 0.6 is 11.8 Å². The van der Waals surface area contributed by atoms with Crippen LogP contribution in [0.5, 0.6) is 0 Å². The Morgan fingerprint density at radius 1 is 1.38 bits per heavy atom. The Hall–Kier alpha value is -0.133. The molecule has 1 atom stereocenters. The van der Waals surface area contributed by atoms with E-state index in [0.717, 1.165) is 0 Å². The largest absolute Gasteiger partial charge is 0.130 e. The van der Waals surface area contributed by atoms with Crippen molar-refractivity contribution in [2.45, 2.75) is 44.2 Å². The maximum Gasteiger partial charge on any atom is 0.130 e. The van der Waals surface area contributed by atoms with Gasteiger partial charge in [0.05, 0.1) is 0 Å². The molecule has 0 aromatic carbocycles. The van der Waals surface area contributed by atoms with Gasteiger partial charge in [-0.05, 0) is 24.5 Å². The van der Waals surface area contributed by atoms with Crippen molar-refractivity contribution >= 4 is 19.8 Å². The smallest absolute Gasteiger partial charge is 0.120 e. The van der Waals surface area contributed by atoms with Gasteiger partial charge in [-0.1, -0.05) is 43.6 Å². The van der Waals surface area contributed by atoms with Crippen molar-refractivity contribution in [2.24, 2.45) is 0 Å². The third kappa shape index (κ3) is 5.23. The predicted molar refractivity (Wildman–Crippen MR) is 65.5 cm³/mol. The van der Waals surface area contributed by atoms with E-state index in [2.05, 4.69) is 42.6 Å². The Morgan fingerprint density at radius 2 is 2.15 bits per heavy atom. The van der Waals surface area contributed by atoms with Gasteiger partial charge in [-0.25, -0.2) is 0 Å². The number of hydrogen-bond acceptors (Lipinski definition) is 1. The summed E-state index contributed by atoms with van der Waals surface area (Å²) in [6.45, 7) is 6.87. The first kappa shape index (κ1) is 10.9. The molecule has 0 heterocycles. The average molecular weight is 210 g/mol. The molecule has 1 aliphatic carbocycles. The minimum Gasteiger partial charge on any atom is -0.120 e. The van der Waals surface area contributed by atoms with Crippen molar-refractivity contribution in [1.29, 1.82) is 0 Å². The molecule has 0 aromatic heterocycles. The van der Waals surface area contributed by atoms with E-state index in [4.69, 9.17) is 0 Å². The lowest BCUT2D eigenvalue weighted by Gasteiger charge is -2.12. The summed E-state index contributed by atoms with van der Waals surface area (Å²) in [6, 6.07) is 0. The molecule has 0 N–H and O–H groups in total. The van der Waals surface area contributed by atoms with Crippen molar-refractivity contribution in [3.05, 3.63) is 12.2 Å². The number of rotatable bonds is 1. The van der Waals surface area contributed by atoms with Crippen LogP contribution in [0.4, 0.5) is 0 Å². The summed E-state index contributed by atoms with van der Waals surface area (Å²) >= 11 is 1.81. The van der Waals surface area contributed by atoms with E-state index in [1.165, 1.54) is 19.3 Å². The molecular weight excluding hydrogens is 192 g/mol. The summed E-state index contributed by atoms with van der Waals surface area (Å²) in [5.41, 5.74) is 3.39. The monoisotopic (exact) mass is 210 g/mol. The first-order valence-corrected chi connectivity index (χ1v) is 9.30. The highest BCUT2D eigenvalue weighted by atomic mass is 32.2. The van der Waals surface area contributed by atoms with Gasteiger partial charge in [-0.3, -0.25) is 0 Å². The maximum absolute atomic E-state index is 3.39. The van der Waals surface area contributed by atoms with E-state index >= 15 is 0 Å². The molecule has 0 saturated heterocycles. The van der Waals surface area contributed by atoms with Crippen LogP contribution in [0.2, 0.25) is 19.6 Å². The van der Waals surface area contributed by atoms with Gasteiger partial charge >= 0.3 is 0 Å². The SMILES string of the molecule is C[Si](C)(C)C#CSC1C=CCCC1. The summed E-state index contributed by atoms with van der Waals surface area (Å²) in [6.07, 6.45) is 8.51. The molecule has 0 nitrogen and oxygen atoms in total. The summed E-state index contributed by atoms with van der Waals surface area (Å²) in [7, 11) is -1.15. The predicted octanol–water partition coefficient (Wildman–Crippen LogP) is 3.67. The van der Waals surface area contributed by atoms with Crippen LogP contribution < -0.4 is 0 Å². The fourth-order valence-electron chi connectivity index (χ4n) is 1.14. The molecule has 0 spiro atoms. The number of thioether (sulfide) groups is 1. The third-order valence-corrected chi connectivity index (χ3v) is 3.82. The zero-order valence-electron chi connectivity index (χ0n) is 8.76. The van der Waals surface area contributed by atoms with Crippen LogP contribution in [0.3, 0.4) is 0 Å². The lowest BCUT2D eigenvalue weighted by molar-refractivity contribution is 0.742. The van der Waals surface area contributed by atoms with E-state index in [1.54, 1.807) is 0 Å². The van der Waals surface area contributed by atoms with E-state index in [0.29, 0.717) is 5.25 Å². The van der Waals surface area contributed by atoms with Crippen LogP contribution in [0.1, 0.15) is 19.3 Å². The Balaban J connectivity index is 2.35. The molecule has 0 aliphatic heterocycles. The molecule has 1 rings (SSSR count). The van der Waals surface area contributed by atoms with E-state index in [-0.39, 0.29) is 0 Å². The van der Waals surface area contributed by atoms with Gasteiger partial charge in [0.25, 0.3) is 0 Å². The minimum absolute atomic E-state index is 0.664. The topological polar surface area (TPSA) is 0 Å². The Kier molecular flexibility index (Phi) is 4.15. The highest BCUT2D eigenvalue weighted by Crippen LogP contribution is 2.22. The zero-order chi connectivity index (χ0) is 9.73. The Labute approximate surface area is 87.2 Å². The number of hydrogen-bond donors (Lipinski definition) is 0. The minimum atomic E-state index is -1.15. The van der Waals surface area contributed by atoms with Crippen molar-refractivity contribution in [3.8, 4) is 10.8 Å². The summed E-state index contributed by atoms with van der Waals surface area (Å²) < 4.78 is 0. The molecule has 1 aliphatic rings. The average Bonchev–Trinajstić information content (AvgIpc) is 2.04. The van der Waals surface area contributed by atoms with Crippen LogP contribution in [0.15, 0.2) is 12.2 Å². The number of allylic oxidation sites excluding steroid dienone is 1. The normalized spacial score (nSPS) is 22.2. The maximum atomic E-state index is 3.39. The standard InChI is InChI=1S/C11H18SSi/c1-13(2,3)10-9-12-11-7-5-4-6-8-11/h5,7,11H,4,6,8H2,1-3H3. The van der Waals surface area contributed by atoms with Gasteiger partial charge in [-0.2, -0.15) is 0 Å². The van der Waals surface area contributed by atoms with Crippen molar-refractivity contribution in [2.75, 3.05) is 0 Å². The van der Waals surface area contributed by atoms with E-state index in [9.17, 15) is 0 Å². The van der Waals surface area contributed by atoms with Crippen molar-refractivity contribution < 1.29 is 0 Å². The first-order valence-electron chi connectivity index (χ1n) is 4.92. The second-order valence-electron chi connectivity index (χ2n) is 4.49. The zero-order valence-corrected chi connectivity index (χ0v) is 10.6. The van der Waals surface area contributed by atoms with Gasteiger partial charge in [0, 0.05) is 5.25 Å². The molecule has 2 heteroatoms. The highest BCUT2D eigenvalue weighted by Gasteiger charge is 2.09.